The Morgan fingerprint density at radius 1 is 1.22 bits per heavy atom. The number of carboxylic acids is 1. The van der Waals surface area contributed by atoms with Gasteiger partial charge in [0.25, 0.3) is 0 Å². The van der Waals surface area contributed by atoms with Gasteiger partial charge >= 0.3 is 5.97 Å². The minimum Gasteiger partial charge on any atom is -0.480 e. The number of amides is 1. The molecule has 1 heterocycles. The molecule has 0 spiro atoms. The highest BCUT2D eigenvalue weighted by Gasteiger charge is 2.21. The molecule has 1 amide bonds. The highest BCUT2D eigenvalue weighted by atomic mass is 32.2. The molecule has 1 aromatic heterocycles. The Hall–Kier alpha value is -1.63. The summed E-state index contributed by atoms with van der Waals surface area (Å²) in [4.78, 5) is 32.0. The van der Waals surface area contributed by atoms with Crippen LogP contribution in [0.5, 0.6) is 0 Å². The number of rotatable bonds is 8. The van der Waals surface area contributed by atoms with Crippen molar-refractivity contribution in [1.82, 2.24) is 15.3 Å². The van der Waals surface area contributed by atoms with Gasteiger partial charge in [0, 0.05) is 17.8 Å². The summed E-state index contributed by atoms with van der Waals surface area (Å²) in [6.07, 6.45) is 3.07. The number of hydrogen-bond acceptors (Lipinski definition) is 5. The van der Waals surface area contributed by atoms with Crippen LogP contribution < -0.4 is 5.32 Å². The van der Waals surface area contributed by atoms with Gasteiger partial charge in [0.15, 0.2) is 5.16 Å². The molecule has 23 heavy (non-hydrogen) atoms. The standard InChI is InChI=1S/C16H25N3O3S/c1-9(2)8-13(15(21)22)19-14(20)7-6-12-10(3)17-16(23-5)18-11(12)4/h9,13H,6-8H2,1-5H3,(H,19,20)(H,21,22). The summed E-state index contributed by atoms with van der Waals surface area (Å²) in [6.45, 7) is 7.67. The second kappa shape index (κ2) is 8.86. The van der Waals surface area contributed by atoms with Crippen molar-refractivity contribution in [2.24, 2.45) is 5.92 Å². The van der Waals surface area contributed by atoms with Crippen LogP contribution in [0.1, 0.15) is 43.6 Å². The minimum absolute atomic E-state index is 0.202. The second-order valence-corrected chi connectivity index (χ2v) is 6.72. The molecule has 1 atom stereocenters. The fourth-order valence-electron chi connectivity index (χ4n) is 2.36. The molecule has 0 aliphatic heterocycles. The lowest BCUT2D eigenvalue weighted by Gasteiger charge is -2.17. The van der Waals surface area contributed by atoms with Gasteiger partial charge in [-0.05, 0) is 44.4 Å². The van der Waals surface area contributed by atoms with Crippen LogP contribution in [0.2, 0.25) is 0 Å². The smallest absolute Gasteiger partial charge is 0.326 e. The van der Waals surface area contributed by atoms with Gasteiger partial charge in [0.2, 0.25) is 5.91 Å². The summed E-state index contributed by atoms with van der Waals surface area (Å²) in [5.74, 6) is -1.05. The number of carbonyl (C=O) groups is 2. The molecule has 1 unspecified atom stereocenters. The number of aryl methyl sites for hydroxylation is 2. The number of aliphatic carboxylic acids is 1. The van der Waals surface area contributed by atoms with Gasteiger partial charge in [0.05, 0.1) is 0 Å². The average Bonchev–Trinajstić information content (AvgIpc) is 2.44. The molecule has 128 valence electrons. The lowest BCUT2D eigenvalue weighted by molar-refractivity contribution is -0.142. The first-order valence-corrected chi connectivity index (χ1v) is 8.87. The number of hydrogen-bond donors (Lipinski definition) is 2. The Kier molecular flexibility index (Phi) is 7.48. The Morgan fingerprint density at radius 3 is 2.22 bits per heavy atom. The molecule has 0 radical (unpaired) electrons. The molecule has 0 saturated carbocycles. The Labute approximate surface area is 141 Å². The van der Waals surface area contributed by atoms with E-state index in [0.29, 0.717) is 12.8 Å². The van der Waals surface area contributed by atoms with Crippen molar-refractivity contribution in [3.8, 4) is 0 Å². The molecule has 1 aromatic rings. The number of carbonyl (C=O) groups excluding carboxylic acids is 1. The quantitative estimate of drug-likeness (QED) is 0.558. The normalized spacial score (nSPS) is 12.3. The molecule has 0 aliphatic rings. The van der Waals surface area contributed by atoms with Crippen molar-refractivity contribution in [2.45, 2.75) is 58.2 Å². The van der Waals surface area contributed by atoms with Crippen LogP contribution >= 0.6 is 11.8 Å². The number of nitrogens with one attached hydrogen (secondary N) is 1. The van der Waals surface area contributed by atoms with Crippen LogP contribution in [0, 0.1) is 19.8 Å². The molecule has 2 N–H and O–H groups in total. The fraction of sp³-hybridized carbons (Fsp3) is 0.625. The molecular formula is C16H25N3O3S. The van der Waals surface area contributed by atoms with Crippen molar-refractivity contribution in [3.05, 3.63) is 17.0 Å². The average molecular weight is 339 g/mol. The summed E-state index contributed by atoms with van der Waals surface area (Å²) in [6, 6.07) is -0.834. The molecule has 0 bridgehead atoms. The van der Waals surface area contributed by atoms with Crippen LogP contribution in [0.15, 0.2) is 5.16 Å². The van der Waals surface area contributed by atoms with Gasteiger partial charge < -0.3 is 10.4 Å². The van der Waals surface area contributed by atoms with E-state index in [2.05, 4.69) is 15.3 Å². The monoisotopic (exact) mass is 339 g/mol. The van der Waals surface area contributed by atoms with E-state index in [4.69, 9.17) is 5.11 Å². The van der Waals surface area contributed by atoms with Crippen LogP contribution in [0.3, 0.4) is 0 Å². The van der Waals surface area contributed by atoms with Gasteiger partial charge in [-0.15, -0.1) is 0 Å². The maximum absolute atomic E-state index is 12.0. The van der Waals surface area contributed by atoms with Crippen LogP contribution in [0.4, 0.5) is 0 Å². The zero-order valence-electron chi connectivity index (χ0n) is 14.3. The minimum atomic E-state index is -0.993. The number of nitrogens with zero attached hydrogens (tertiary/aromatic N) is 2. The lowest BCUT2D eigenvalue weighted by atomic mass is 10.0. The Bertz CT molecular complexity index is 553. The molecule has 0 aromatic carbocycles. The molecule has 0 fully saturated rings. The van der Waals surface area contributed by atoms with Crippen LogP contribution in [-0.4, -0.2) is 39.2 Å². The maximum atomic E-state index is 12.0. The van der Waals surface area contributed by atoms with E-state index >= 15 is 0 Å². The third kappa shape index (κ3) is 6.17. The number of thioether (sulfide) groups is 1. The first-order valence-electron chi connectivity index (χ1n) is 7.64. The summed E-state index contributed by atoms with van der Waals surface area (Å²) < 4.78 is 0. The van der Waals surface area contributed by atoms with E-state index in [0.717, 1.165) is 22.1 Å². The molecule has 0 aliphatic carbocycles. The van der Waals surface area contributed by atoms with Gasteiger partial charge in [0.1, 0.15) is 6.04 Å². The largest absolute Gasteiger partial charge is 0.480 e. The van der Waals surface area contributed by atoms with Crippen molar-refractivity contribution < 1.29 is 14.7 Å². The zero-order valence-corrected chi connectivity index (χ0v) is 15.2. The fourth-order valence-corrected chi connectivity index (χ4v) is 2.82. The first-order chi connectivity index (χ1) is 10.7. The maximum Gasteiger partial charge on any atom is 0.326 e. The Morgan fingerprint density at radius 2 is 1.78 bits per heavy atom. The van der Waals surface area contributed by atoms with Crippen LogP contribution in [0.25, 0.3) is 0 Å². The molecule has 7 heteroatoms. The zero-order chi connectivity index (χ0) is 17.6. The van der Waals surface area contributed by atoms with Crippen molar-refractivity contribution >= 4 is 23.6 Å². The molecule has 0 saturated heterocycles. The van der Waals surface area contributed by atoms with Gasteiger partial charge in [-0.2, -0.15) is 0 Å². The van der Waals surface area contributed by atoms with E-state index in [1.165, 1.54) is 11.8 Å². The lowest BCUT2D eigenvalue weighted by Crippen LogP contribution is -2.41. The first kappa shape index (κ1) is 19.4. The van der Waals surface area contributed by atoms with Gasteiger partial charge in [-0.3, -0.25) is 4.79 Å². The molecule has 1 rings (SSSR count). The predicted molar refractivity (Wildman–Crippen MR) is 90.6 cm³/mol. The third-order valence-electron chi connectivity index (χ3n) is 3.53. The summed E-state index contributed by atoms with van der Waals surface area (Å²) in [5.41, 5.74) is 2.69. The third-order valence-corrected chi connectivity index (χ3v) is 4.07. The van der Waals surface area contributed by atoms with E-state index < -0.39 is 12.0 Å². The summed E-state index contributed by atoms with van der Waals surface area (Å²) in [5, 5.41) is 12.5. The highest BCUT2D eigenvalue weighted by Crippen LogP contribution is 2.17. The van der Waals surface area contributed by atoms with E-state index in [1.54, 1.807) is 0 Å². The summed E-state index contributed by atoms with van der Waals surface area (Å²) >= 11 is 1.48. The number of carboxylic acid groups (broad SMARTS) is 1. The van der Waals surface area contributed by atoms with Crippen LogP contribution in [-0.2, 0) is 16.0 Å². The van der Waals surface area contributed by atoms with Gasteiger partial charge in [-0.1, -0.05) is 25.6 Å². The SMILES string of the molecule is CSc1nc(C)c(CCC(=O)NC(CC(C)C)C(=O)O)c(C)n1. The topological polar surface area (TPSA) is 92.2 Å². The van der Waals surface area contributed by atoms with E-state index in [-0.39, 0.29) is 18.2 Å². The van der Waals surface area contributed by atoms with E-state index in [1.807, 2.05) is 34.0 Å². The van der Waals surface area contributed by atoms with E-state index in [9.17, 15) is 9.59 Å². The van der Waals surface area contributed by atoms with Gasteiger partial charge in [-0.25, -0.2) is 14.8 Å². The van der Waals surface area contributed by atoms with Crippen molar-refractivity contribution in [1.29, 1.82) is 0 Å². The molecular weight excluding hydrogens is 314 g/mol. The highest BCUT2D eigenvalue weighted by molar-refractivity contribution is 7.98. The summed E-state index contributed by atoms with van der Waals surface area (Å²) in [7, 11) is 0. The van der Waals surface area contributed by atoms with Crippen molar-refractivity contribution in [3.63, 3.8) is 0 Å². The van der Waals surface area contributed by atoms with Crippen molar-refractivity contribution in [2.75, 3.05) is 6.26 Å². The second-order valence-electron chi connectivity index (χ2n) is 5.95. The molecule has 6 nitrogen and oxygen atoms in total. The Balaban J connectivity index is 2.67. The predicted octanol–water partition coefficient (Wildman–Crippen LogP) is 2.36. The number of aromatic nitrogens is 2.